The lowest BCUT2D eigenvalue weighted by Gasteiger charge is -2.13. The standard InChI is InChI=1S/C19H18N2O4S/c1-2-25-16-8-6-15(7-9-16)20-18(23)14-5-3-4-13(10-14)11-21-17(22)12-26-19(21)24/h3-10H,2,11-12H2,1H3,(H,20,23). The monoisotopic (exact) mass is 370 g/mol. The number of amides is 3. The molecular formula is C19H18N2O4S. The van der Waals surface area contributed by atoms with Gasteiger partial charge >= 0.3 is 0 Å². The number of nitrogens with zero attached hydrogens (tertiary/aromatic N) is 1. The van der Waals surface area contributed by atoms with Crippen LogP contribution in [0.5, 0.6) is 5.75 Å². The topological polar surface area (TPSA) is 75.7 Å². The summed E-state index contributed by atoms with van der Waals surface area (Å²) in [5.74, 6) is 0.454. The zero-order valence-electron chi connectivity index (χ0n) is 14.2. The molecular weight excluding hydrogens is 352 g/mol. The van der Waals surface area contributed by atoms with Gasteiger partial charge in [-0.2, -0.15) is 0 Å². The van der Waals surface area contributed by atoms with E-state index >= 15 is 0 Å². The Balaban J connectivity index is 1.68. The van der Waals surface area contributed by atoms with Gasteiger partial charge in [0.1, 0.15) is 5.75 Å². The van der Waals surface area contributed by atoms with Crippen molar-refractivity contribution in [3.05, 3.63) is 59.7 Å². The van der Waals surface area contributed by atoms with E-state index in [4.69, 9.17) is 4.74 Å². The van der Waals surface area contributed by atoms with Crippen molar-refractivity contribution < 1.29 is 19.1 Å². The Labute approximate surface area is 155 Å². The van der Waals surface area contributed by atoms with Crippen LogP contribution in [0.1, 0.15) is 22.8 Å². The summed E-state index contributed by atoms with van der Waals surface area (Å²) < 4.78 is 5.37. The molecule has 0 unspecified atom stereocenters. The van der Waals surface area contributed by atoms with Crippen LogP contribution in [0.4, 0.5) is 10.5 Å². The first-order valence-corrected chi connectivity index (χ1v) is 9.15. The molecule has 3 amide bonds. The van der Waals surface area contributed by atoms with Gasteiger partial charge in [0.2, 0.25) is 5.91 Å². The number of hydrogen-bond acceptors (Lipinski definition) is 5. The minimum atomic E-state index is -0.260. The third-order valence-corrected chi connectivity index (χ3v) is 4.65. The molecule has 0 atom stereocenters. The van der Waals surface area contributed by atoms with Gasteiger partial charge in [-0.05, 0) is 48.9 Å². The van der Waals surface area contributed by atoms with Crippen molar-refractivity contribution in [2.75, 3.05) is 17.7 Å². The van der Waals surface area contributed by atoms with Gasteiger partial charge in [-0.15, -0.1) is 0 Å². The maximum atomic E-state index is 12.4. The third kappa shape index (κ3) is 4.23. The molecule has 3 rings (SSSR count). The highest BCUT2D eigenvalue weighted by molar-refractivity contribution is 8.14. The minimum Gasteiger partial charge on any atom is -0.494 e. The molecule has 1 heterocycles. The van der Waals surface area contributed by atoms with Gasteiger partial charge in [0, 0.05) is 11.3 Å². The summed E-state index contributed by atoms with van der Waals surface area (Å²) in [5.41, 5.74) is 1.85. The van der Waals surface area contributed by atoms with Gasteiger partial charge < -0.3 is 10.1 Å². The Morgan fingerprint density at radius 1 is 1.19 bits per heavy atom. The molecule has 1 N–H and O–H groups in total. The first kappa shape index (κ1) is 18.0. The molecule has 1 fully saturated rings. The molecule has 0 spiro atoms. The summed E-state index contributed by atoms with van der Waals surface area (Å²) in [7, 11) is 0. The van der Waals surface area contributed by atoms with Crippen LogP contribution in [0.2, 0.25) is 0 Å². The Hall–Kier alpha value is -2.80. The molecule has 7 heteroatoms. The highest BCUT2D eigenvalue weighted by Crippen LogP contribution is 2.22. The van der Waals surface area contributed by atoms with Gasteiger partial charge in [0.15, 0.2) is 0 Å². The van der Waals surface area contributed by atoms with Crippen LogP contribution in [0, 0.1) is 0 Å². The Bertz CT molecular complexity index is 820. The third-order valence-electron chi connectivity index (χ3n) is 3.79. The van der Waals surface area contributed by atoms with E-state index in [1.807, 2.05) is 6.92 Å². The maximum Gasteiger partial charge on any atom is 0.289 e. The number of ether oxygens (including phenoxy) is 1. The Kier molecular flexibility index (Phi) is 5.58. The van der Waals surface area contributed by atoms with Crippen molar-refractivity contribution >= 4 is 34.5 Å². The molecule has 1 aliphatic rings. The molecule has 2 aromatic rings. The lowest BCUT2D eigenvalue weighted by Crippen LogP contribution is -2.28. The number of hydrogen-bond donors (Lipinski definition) is 1. The minimum absolute atomic E-state index is 0.175. The van der Waals surface area contributed by atoms with E-state index in [2.05, 4.69) is 5.32 Å². The molecule has 26 heavy (non-hydrogen) atoms. The van der Waals surface area contributed by atoms with E-state index in [0.29, 0.717) is 17.9 Å². The molecule has 2 aromatic carbocycles. The molecule has 0 aromatic heterocycles. The number of nitrogens with one attached hydrogen (secondary N) is 1. The second-order valence-electron chi connectivity index (χ2n) is 5.65. The van der Waals surface area contributed by atoms with Crippen molar-refractivity contribution in [3.8, 4) is 5.75 Å². The van der Waals surface area contributed by atoms with E-state index in [-0.39, 0.29) is 29.4 Å². The molecule has 0 saturated carbocycles. The second-order valence-corrected chi connectivity index (χ2v) is 6.57. The van der Waals surface area contributed by atoms with Gasteiger partial charge in [-0.25, -0.2) is 0 Å². The van der Waals surface area contributed by atoms with Crippen molar-refractivity contribution in [2.45, 2.75) is 13.5 Å². The summed E-state index contributed by atoms with van der Waals surface area (Å²) in [6, 6.07) is 14.0. The van der Waals surface area contributed by atoms with E-state index in [1.165, 1.54) is 4.90 Å². The van der Waals surface area contributed by atoms with Crippen molar-refractivity contribution in [1.29, 1.82) is 0 Å². The van der Waals surface area contributed by atoms with Gasteiger partial charge in [0.05, 0.1) is 18.9 Å². The first-order valence-electron chi connectivity index (χ1n) is 8.17. The predicted molar refractivity (Wildman–Crippen MR) is 100 cm³/mol. The summed E-state index contributed by atoms with van der Waals surface area (Å²) in [4.78, 5) is 37.1. The maximum absolute atomic E-state index is 12.4. The quantitative estimate of drug-likeness (QED) is 0.842. The fourth-order valence-electron chi connectivity index (χ4n) is 2.53. The molecule has 134 valence electrons. The lowest BCUT2D eigenvalue weighted by atomic mass is 10.1. The van der Waals surface area contributed by atoms with E-state index < -0.39 is 0 Å². The van der Waals surface area contributed by atoms with Gasteiger partial charge in [-0.1, -0.05) is 23.9 Å². The smallest absolute Gasteiger partial charge is 0.289 e. The zero-order valence-corrected chi connectivity index (χ0v) is 15.0. The largest absolute Gasteiger partial charge is 0.494 e. The van der Waals surface area contributed by atoms with Crippen LogP contribution in [0.15, 0.2) is 48.5 Å². The van der Waals surface area contributed by atoms with Gasteiger partial charge in [-0.3, -0.25) is 19.3 Å². The number of anilines is 1. The Morgan fingerprint density at radius 2 is 1.96 bits per heavy atom. The van der Waals surface area contributed by atoms with Crippen LogP contribution in [-0.2, 0) is 11.3 Å². The zero-order chi connectivity index (χ0) is 18.5. The average Bonchev–Trinajstić information content (AvgIpc) is 2.96. The molecule has 6 nitrogen and oxygen atoms in total. The van der Waals surface area contributed by atoms with Crippen LogP contribution in [-0.4, -0.2) is 34.3 Å². The number of benzene rings is 2. The first-order chi connectivity index (χ1) is 12.6. The molecule has 1 saturated heterocycles. The van der Waals surface area contributed by atoms with Crippen LogP contribution in [0.25, 0.3) is 0 Å². The average molecular weight is 370 g/mol. The fourth-order valence-corrected chi connectivity index (χ4v) is 3.26. The summed E-state index contributed by atoms with van der Waals surface area (Å²) in [6.45, 7) is 2.67. The lowest BCUT2D eigenvalue weighted by molar-refractivity contribution is -0.125. The number of imide groups is 1. The number of thioether (sulfide) groups is 1. The van der Waals surface area contributed by atoms with Crippen LogP contribution in [0.3, 0.4) is 0 Å². The SMILES string of the molecule is CCOc1ccc(NC(=O)c2cccc(CN3C(=O)CSC3=O)c2)cc1. The van der Waals surface area contributed by atoms with E-state index in [1.54, 1.807) is 48.5 Å². The Morgan fingerprint density at radius 3 is 2.62 bits per heavy atom. The second kappa shape index (κ2) is 8.05. The fraction of sp³-hybridized carbons (Fsp3) is 0.211. The normalized spacial score (nSPS) is 13.8. The number of carbonyl (C=O) groups is 3. The predicted octanol–water partition coefficient (Wildman–Crippen LogP) is 3.53. The van der Waals surface area contributed by atoms with E-state index in [9.17, 15) is 14.4 Å². The van der Waals surface area contributed by atoms with Crippen LogP contribution < -0.4 is 10.1 Å². The summed E-state index contributed by atoms with van der Waals surface area (Å²) >= 11 is 0.997. The van der Waals surface area contributed by atoms with Crippen molar-refractivity contribution in [2.24, 2.45) is 0 Å². The van der Waals surface area contributed by atoms with Crippen molar-refractivity contribution in [3.63, 3.8) is 0 Å². The van der Waals surface area contributed by atoms with Gasteiger partial charge in [0.25, 0.3) is 11.1 Å². The number of rotatable bonds is 6. The van der Waals surface area contributed by atoms with Crippen LogP contribution >= 0.6 is 11.8 Å². The molecule has 0 radical (unpaired) electrons. The highest BCUT2D eigenvalue weighted by Gasteiger charge is 2.29. The summed E-state index contributed by atoms with van der Waals surface area (Å²) in [5, 5.41) is 2.57. The van der Waals surface area contributed by atoms with E-state index in [0.717, 1.165) is 23.1 Å². The number of carbonyl (C=O) groups excluding carboxylic acids is 3. The molecule has 0 bridgehead atoms. The molecule has 0 aliphatic carbocycles. The van der Waals surface area contributed by atoms with Crippen molar-refractivity contribution in [1.82, 2.24) is 4.90 Å². The molecule has 1 aliphatic heterocycles. The highest BCUT2D eigenvalue weighted by atomic mass is 32.2. The summed E-state index contributed by atoms with van der Waals surface area (Å²) in [6.07, 6.45) is 0.